The molecule has 13 N–H and O–H groups in total. The van der Waals surface area contributed by atoms with Crippen LogP contribution in [0.3, 0.4) is 0 Å². The zero-order valence-corrected chi connectivity index (χ0v) is 24.6. The van der Waals surface area contributed by atoms with Crippen molar-refractivity contribution in [2.45, 2.75) is 76.3 Å². The normalized spacial score (nSPS) is 12.1. The number of phenolic OH excluding ortho intramolecular Hbond substituents is 2. The van der Waals surface area contributed by atoms with Gasteiger partial charge in [0, 0.05) is 31.3 Å². The lowest BCUT2D eigenvalue weighted by Crippen LogP contribution is -2.52. The number of benzene rings is 1. The fourth-order valence-corrected chi connectivity index (χ4v) is 4.03. The summed E-state index contributed by atoms with van der Waals surface area (Å²) in [6.45, 7) is 2.99. The number of nitrogens with two attached hydrogens (primary N) is 3. The van der Waals surface area contributed by atoms with Gasteiger partial charge >= 0.3 is 5.97 Å². The number of carbonyl (C=O) groups excluding carboxylic acids is 3. The Balaban J connectivity index is 2.03. The molecular weight excluding hydrogens is 560 g/mol. The SMILES string of the molecule is NC(N)=NCC[C@H](N)C(=O)NCCCCCNCCCCCCCNC(=O)[C@@H](NC(=O)Cc1ccc(O)cc1O)C(=O)O. The fraction of sp³-hybridized carbons (Fsp3) is 0.607. The average Bonchev–Trinajstić information content (AvgIpc) is 2.94. The first-order valence-corrected chi connectivity index (χ1v) is 14.6. The van der Waals surface area contributed by atoms with E-state index in [0.717, 1.165) is 64.1 Å². The van der Waals surface area contributed by atoms with Crippen molar-refractivity contribution < 1.29 is 34.5 Å². The van der Waals surface area contributed by atoms with E-state index in [9.17, 15) is 34.5 Å². The molecule has 0 bridgehead atoms. The Bertz CT molecular complexity index is 1050. The average molecular weight is 609 g/mol. The maximum absolute atomic E-state index is 12.3. The molecule has 15 nitrogen and oxygen atoms in total. The number of nitrogens with one attached hydrogen (secondary N) is 4. The van der Waals surface area contributed by atoms with Gasteiger partial charge < -0.3 is 53.8 Å². The van der Waals surface area contributed by atoms with Crippen LogP contribution in [0, 0.1) is 0 Å². The van der Waals surface area contributed by atoms with E-state index in [1.807, 2.05) is 0 Å². The Labute approximate surface area is 252 Å². The summed E-state index contributed by atoms with van der Waals surface area (Å²) >= 11 is 0. The van der Waals surface area contributed by atoms with Crippen molar-refractivity contribution in [3.8, 4) is 11.5 Å². The highest BCUT2D eigenvalue weighted by molar-refractivity contribution is 6.04. The van der Waals surface area contributed by atoms with E-state index >= 15 is 0 Å². The molecule has 0 unspecified atom stereocenters. The van der Waals surface area contributed by atoms with Gasteiger partial charge in [-0.15, -0.1) is 0 Å². The van der Waals surface area contributed by atoms with Gasteiger partial charge in [-0.05, 0) is 51.3 Å². The van der Waals surface area contributed by atoms with Crippen molar-refractivity contribution in [3.05, 3.63) is 23.8 Å². The number of aliphatic carboxylic acids is 1. The van der Waals surface area contributed by atoms with Gasteiger partial charge in [0.15, 0.2) is 5.96 Å². The lowest BCUT2D eigenvalue weighted by Gasteiger charge is -2.15. The van der Waals surface area contributed by atoms with Gasteiger partial charge in [-0.1, -0.05) is 31.7 Å². The molecule has 0 aliphatic carbocycles. The number of amides is 3. The van der Waals surface area contributed by atoms with E-state index in [0.29, 0.717) is 32.5 Å². The summed E-state index contributed by atoms with van der Waals surface area (Å²) < 4.78 is 0. The summed E-state index contributed by atoms with van der Waals surface area (Å²) in [5.41, 5.74) is 16.5. The van der Waals surface area contributed by atoms with Crippen molar-refractivity contribution in [1.82, 2.24) is 21.3 Å². The third-order valence-corrected chi connectivity index (χ3v) is 6.46. The number of guanidine groups is 1. The van der Waals surface area contributed by atoms with Crippen molar-refractivity contribution in [3.63, 3.8) is 0 Å². The molecule has 0 aromatic heterocycles. The number of nitrogens with zero attached hydrogens (tertiary/aromatic N) is 1. The number of carboxylic acid groups (broad SMARTS) is 1. The summed E-state index contributed by atoms with van der Waals surface area (Å²) in [7, 11) is 0. The quantitative estimate of drug-likeness (QED) is 0.0316. The summed E-state index contributed by atoms with van der Waals surface area (Å²) in [5.74, 6) is -3.76. The molecule has 0 aliphatic heterocycles. The molecule has 0 spiro atoms. The summed E-state index contributed by atoms with van der Waals surface area (Å²) in [6, 6.07) is 1.31. The van der Waals surface area contributed by atoms with Crippen LogP contribution in [0.5, 0.6) is 11.5 Å². The number of rotatable bonds is 23. The Morgan fingerprint density at radius 3 is 1.95 bits per heavy atom. The molecule has 0 saturated heterocycles. The third-order valence-electron chi connectivity index (χ3n) is 6.46. The Hall–Kier alpha value is -4.11. The topological polar surface area (TPSA) is 268 Å². The van der Waals surface area contributed by atoms with Crippen molar-refractivity contribution in [2.24, 2.45) is 22.2 Å². The molecule has 1 aromatic carbocycles. The molecule has 0 saturated carbocycles. The first-order chi connectivity index (χ1) is 20.5. The first kappa shape index (κ1) is 36.9. The van der Waals surface area contributed by atoms with Gasteiger partial charge in [-0.3, -0.25) is 19.4 Å². The van der Waals surface area contributed by atoms with Crippen molar-refractivity contribution in [2.75, 3.05) is 32.7 Å². The van der Waals surface area contributed by atoms with Crippen molar-refractivity contribution in [1.29, 1.82) is 0 Å². The number of aromatic hydroxyl groups is 2. The van der Waals surface area contributed by atoms with E-state index in [1.54, 1.807) is 0 Å². The van der Waals surface area contributed by atoms with Crippen LogP contribution in [-0.4, -0.2) is 89.8 Å². The molecule has 1 aromatic rings. The number of hydrogen-bond donors (Lipinski definition) is 10. The second-order valence-electron chi connectivity index (χ2n) is 10.2. The standard InChI is InChI=1S/C28H48N8O7/c29-21(11-16-35-28(30)31)25(40)33-14-8-4-6-13-32-12-5-2-1-3-7-15-34-26(41)24(27(42)43)36-23(39)17-19-9-10-20(37)18-22(19)38/h9-10,18,21,24,32,37-38H,1-8,11-17,29H2,(H,33,40)(H,34,41)(H,36,39)(H,42,43)(H4,30,31,35)/t21-,24+/m0/s1. The number of aliphatic imine (C=N–C) groups is 1. The molecule has 0 heterocycles. The second-order valence-corrected chi connectivity index (χ2v) is 10.2. The first-order valence-electron chi connectivity index (χ1n) is 14.6. The zero-order valence-electron chi connectivity index (χ0n) is 24.6. The number of unbranched alkanes of at least 4 members (excludes halogenated alkanes) is 6. The number of hydrogen-bond acceptors (Lipinski definition) is 9. The minimum Gasteiger partial charge on any atom is -0.508 e. The van der Waals surface area contributed by atoms with E-state index < -0.39 is 29.9 Å². The van der Waals surface area contributed by atoms with Crippen LogP contribution in [0.4, 0.5) is 0 Å². The molecule has 0 aliphatic rings. The van der Waals surface area contributed by atoms with Gasteiger partial charge in [-0.2, -0.15) is 0 Å². The predicted molar refractivity (Wildman–Crippen MR) is 162 cm³/mol. The highest BCUT2D eigenvalue weighted by Crippen LogP contribution is 2.22. The Morgan fingerprint density at radius 1 is 0.814 bits per heavy atom. The molecular formula is C28H48N8O7. The highest BCUT2D eigenvalue weighted by Gasteiger charge is 2.28. The van der Waals surface area contributed by atoms with Crippen LogP contribution in [0.25, 0.3) is 0 Å². The summed E-state index contributed by atoms with van der Waals surface area (Å²) in [6.07, 6.45) is 7.45. The van der Waals surface area contributed by atoms with Gasteiger partial charge in [0.05, 0.1) is 12.5 Å². The van der Waals surface area contributed by atoms with Crippen LogP contribution >= 0.6 is 0 Å². The van der Waals surface area contributed by atoms with Crippen LogP contribution < -0.4 is 38.5 Å². The van der Waals surface area contributed by atoms with E-state index in [-0.39, 0.29) is 35.4 Å². The molecule has 0 radical (unpaired) electrons. The van der Waals surface area contributed by atoms with Crippen LogP contribution in [0.1, 0.15) is 63.4 Å². The van der Waals surface area contributed by atoms with Crippen LogP contribution in [0.15, 0.2) is 23.2 Å². The number of carboxylic acids is 1. The molecule has 43 heavy (non-hydrogen) atoms. The van der Waals surface area contributed by atoms with Crippen molar-refractivity contribution >= 4 is 29.7 Å². The molecule has 2 atom stereocenters. The molecule has 0 fully saturated rings. The molecule has 242 valence electrons. The summed E-state index contributed by atoms with van der Waals surface area (Å²) in [4.78, 5) is 51.7. The van der Waals surface area contributed by atoms with Crippen LogP contribution in [-0.2, 0) is 25.6 Å². The minimum absolute atomic E-state index is 0.0204. The lowest BCUT2D eigenvalue weighted by molar-refractivity contribution is -0.146. The third kappa shape index (κ3) is 17.4. The van der Waals surface area contributed by atoms with E-state index in [1.165, 1.54) is 12.1 Å². The number of carbonyl (C=O) groups is 4. The predicted octanol–water partition coefficient (Wildman–Crippen LogP) is -0.857. The monoisotopic (exact) mass is 608 g/mol. The maximum Gasteiger partial charge on any atom is 0.336 e. The van der Waals surface area contributed by atoms with E-state index in [2.05, 4.69) is 26.3 Å². The molecule has 1 rings (SSSR count). The fourth-order valence-electron chi connectivity index (χ4n) is 4.03. The smallest absolute Gasteiger partial charge is 0.336 e. The van der Waals surface area contributed by atoms with E-state index in [4.69, 9.17) is 17.2 Å². The number of phenols is 2. The van der Waals surface area contributed by atoms with Gasteiger partial charge in [0.2, 0.25) is 17.9 Å². The molecule has 15 heteroatoms. The zero-order chi connectivity index (χ0) is 32.0. The van der Waals surface area contributed by atoms with Gasteiger partial charge in [0.1, 0.15) is 11.5 Å². The Kier molecular flexibility index (Phi) is 18.5. The van der Waals surface area contributed by atoms with Gasteiger partial charge in [-0.25, -0.2) is 4.79 Å². The largest absolute Gasteiger partial charge is 0.508 e. The highest BCUT2D eigenvalue weighted by atomic mass is 16.4. The second kappa shape index (κ2) is 21.6. The minimum atomic E-state index is -1.75. The van der Waals surface area contributed by atoms with Crippen LogP contribution in [0.2, 0.25) is 0 Å². The summed E-state index contributed by atoms with van der Waals surface area (Å²) in [5, 5.41) is 39.4. The molecule has 3 amide bonds. The Morgan fingerprint density at radius 2 is 1.37 bits per heavy atom. The van der Waals surface area contributed by atoms with Gasteiger partial charge in [0.25, 0.3) is 5.91 Å². The maximum atomic E-state index is 12.3. The lowest BCUT2D eigenvalue weighted by atomic mass is 10.1.